The van der Waals surface area contributed by atoms with Gasteiger partial charge in [0.2, 0.25) is 5.91 Å². The van der Waals surface area contributed by atoms with Gasteiger partial charge in [-0.3, -0.25) is 9.79 Å². The lowest BCUT2D eigenvalue weighted by Crippen LogP contribution is -2.39. The smallest absolute Gasteiger partial charge is 0.221 e. The Morgan fingerprint density at radius 1 is 1.14 bits per heavy atom. The number of aliphatic imine (C=N–C) groups is 1. The van der Waals surface area contributed by atoms with Gasteiger partial charge in [0.1, 0.15) is 24.7 Å². The van der Waals surface area contributed by atoms with E-state index >= 15 is 0 Å². The molecule has 1 heterocycles. The van der Waals surface area contributed by atoms with Crippen LogP contribution >= 0.6 is 24.0 Å². The number of benzene rings is 1. The first kappa shape index (κ1) is 24.8. The summed E-state index contributed by atoms with van der Waals surface area (Å²) < 4.78 is 16.4. The lowest BCUT2D eigenvalue weighted by atomic mass is 10.3. The van der Waals surface area contributed by atoms with E-state index in [9.17, 15) is 4.79 Å². The highest BCUT2D eigenvalue weighted by Gasteiger charge is 2.01. The molecule has 160 valence electrons. The summed E-state index contributed by atoms with van der Waals surface area (Å²) in [5, 5.41) is 9.14. The van der Waals surface area contributed by atoms with Gasteiger partial charge in [-0.25, -0.2) is 0 Å². The molecule has 0 unspecified atom stereocenters. The standard InChI is InChI=1S/C20H28N4O4.HI/c1-16(25)24-17-6-3-7-18(14-17)28-13-10-23-20(21-2)22-9-5-11-26-15-19-8-4-12-27-19;/h3-4,6-8,12,14H,5,9-11,13,15H2,1-2H3,(H,24,25)(H2,21,22,23);1H. The Bertz CT molecular complexity index is 738. The van der Waals surface area contributed by atoms with Gasteiger partial charge >= 0.3 is 0 Å². The molecule has 0 fully saturated rings. The number of carbonyl (C=O) groups excluding carboxylic acids is 1. The molecule has 1 amide bonds. The average molecular weight is 516 g/mol. The summed E-state index contributed by atoms with van der Waals surface area (Å²) in [6.45, 7) is 4.41. The van der Waals surface area contributed by atoms with Crippen molar-refractivity contribution in [3.05, 3.63) is 48.4 Å². The van der Waals surface area contributed by atoms with E-state index in [0.717, 1.165) is 18.7 Å². The number of rotatable bonds is 11. The SMILES string of the molecule is CN=C(NCCCOCc1ccco1)NCCOc1cccc(NC(C)=O)c1.I. The Balaban J connectivity index is 0.00000420. The predicted octanol–water partition coefficient (Wildman–Crippen LogP) is 3.01. The zero-order valence-corrected chi connectivity index (χ0v) is 19.1. The van der Waals surface area contributed by atoms with E-state index in [1.807, 2.05) is 30.3 Å². The van der Waals surface area contributed by atoms with E-state index in [-0.39, 0.29) is 29.9 Å². The first-order valence-electron chi connectivity index (χ1n) is 9.22. The molecule has 0 aliphatic carbocycles. The molecular formula is C20H29IN4O4. The Morgan fingerprint density at radius 2 is 1.97 bits per heavy atom. The van der Waals surface area contributed by atoms with Crippen LogP contribution in [-0.2, 0) is 16.1 Å². The molecule has 0 spiro atoms. The number of guanidine groups is 1. The summed E-state index contributed by atoms with van der Waals surface area (Å²) in [7, 11) is 1.72. The molecule has 0 saturated carbocycles. The highest BCUT2D eigenvalue weighted by Crippen LogP contribution is 2.16. The normalized spacial score (nSPS) is 10.8. The van der Waals surface area contributed by atoms with Gasteiger partial charge in [-0.1, -0.05) is 6.07 Å². The number of anilines is 1. The molecule has 9 heteroatoms. The number of furan rings is 1. The predicted molar refractivity (Wildman–Crippen MR) is 124 cm³/mol. The number of hydrogen-bond donors (Lipinski definition) is 3. The minimum absolute atomic E-state index is 0. The molecule has 2 rings (SSSR count). The van der Waals surface area contributed by atoms with Crippen LogP contribution in [0, 0.1) is 0 Å². The van der Waals surface area contributed by atoms with Crippen molar-refractivity contribution < 1.29 is 18.7 Å². The number of halogens is 1. The van der Waals surface area contributed by atoms with Crippen molar-refractivity contribution >= 4 is 41.5 Å². The van der Waals surface area contributed by atoms with Gasteiger partial charge in [0.15, 0.2) is 5.96 Å². The first-order valence-corrected chi connectivity index (χ1v) is 9.22. The molecule has 0 bridgehead atoms. The lowest BCUT2D eigenvalue weighted by molar-refractivity contribution is -0.114. The van der Waals surface area contributed by atoms with Crippen LogP contribution in [-0.4, -0.2) is 45.2 Å². The largest absolute Gasteiger partial charge is 0.492 e. The molecule has 1 aromatic carbocycles. The fourth-order valence-corrected chi connectivity index (χ4v) is 2.37. The maximum Gasteiger partial charge on any atom is 0.221 e. The molecular weight excluding hydrogens is 487 g/mol. The summed E-state index contributed by atoms with van der Waals surface area (Å²) in [5.74, 6) is 2.12. The van der Waals surface area contributed by atoms with Crippen LogP contribution < -0.4 is 20.7 Å². The van der Waals surface area contributed by atoms with E-state index in [2.05, 4.69) is 20.9 Å². The summed E-state index contributed by atoms with van der Waals surface area (Å²) in [6, 6.07) is 11.0. The Hall–Kier alpha value is -2.27. The minimum Gasteiger partial charge on any atom is -0.492 e. The van der Waals surface area contributed by atoms with Gasteiger partial charge in [-0.15, -0.1) is 24.0 Å². The van der Waals surface area contributed by atoms with E-state index in [0.29, 0.717) is 43.8 Å². The second-order valence-corrected chi connectivity index (χ2v) is 5.97. The van der Waals surface area contributed by atoms with Crippen molar-refractivity contribution in [3.8, 4) is 5.75 Å². The number of ether oxygens (including phenoxy) is 2. The van der Waals surface area contributed by atoms with E-state index in [4.69, 9.17) is 13.9 Å². The third-order valence-corrected chi connectivity index (χ3v) is 3.62. The molecule has 2 aromatic rings. The molecule has 0 atom stereocenters. The van der Waals surface area contributed by atoms with Crippen molar-refractivity contribution in [1.29, 1.82) is 0 Å². The lowest BCUT2D eigenvalue weighted by Gasteiger charge is -2.13. The third kappa shape index (κ3) is 10.7. The summed E-state index contributed by atoms with van der Waals surface area (Å²) >= 11 is 0. The first-order chi connectivity index (χ1) is 13.7. The van der Waals surface area contributed by atoms with Crippen LogP contribution in [0.1, 0.15) is 19.1 Å². The molecule has 3 N–H and O–H groups in total. The summed E-state index contributed by atoms with van der Waals surface area (Å²) in [4.78, 5) is 15.3. The molecule has 1 aromatic heterocycles. The van der Waals surface area contributed by atoms with Gasteiger partial charge in [-0.05, 0) is 30.7 Å². The van der Waals surface area contributed by atoms with Crippen molar-refractivity contribution in [2.24, 2.45) is 4.99 Å². The zero-order chi connectivity index (χ0) is 20.0. The fraction of sp³-hybridized carbons (Fsp3) is 0.400. The highest BCUT2D eigenvalue weighted by molar-refractivity contribution is 14.0. The minimum atomic E-state index is -0.111. The van der Waals surface area contributed by atoms with Crippen molar-refractivity contribution in [3.63, 3.8) is 0 Å². The van der Waals surface area contributed by atoms with Crippen molar-refractivity contribution in [1.82, 2.24) is 10.6 Å². The van der Waals surface area contributed by atoms with Crippen LogP contribution in [0.5, 0.6) is 5.75 Å². The van der Waals surface area contributed by atoms with Crippen LogP contribution in [0.25, 0.3) is 0 Å². The van der Waals surface area contributed by atoms with Crippen LogP contribution in [0.3, 0.4) is 0 Å². The quantitative estimate of drug-likeness (QED) is 0.184. The van der Waals surface area contributed by atoms with Crippen LogP contribution in [0.2, 0.25) is 0 Å². The second-order valence-electron chi connectivity index (χ2n) is 5.97. The van der Waals surface area contributed by atoms with E-state index in [1.165, 1.54) is 6.92 Å². The Kier molecular flexibility index (Phi) is 12.5. The number of nitrogens with one attached hydrogen (secondary N) is 3. The molecule has 29 heavy (non-hydrogen) atoms. The van der Waals surface area contributed by atoms with Crippen molar-refractivity contribution in [2.45, 2.75) is 20.0 Å². The number of hydrogen-bond acceptors (Lipinski definition) is 5. The van der Waals surface area contributed by atoms with Gasteiger partial charge in [0.05, 0.1) is 12.8 Å². The van der Waals surface area contributed by atoms with E-state index in [1.54, 1.807) is 19.4 Å². The second kappa shape index (κ2) is 14.7. The average Bonchev–Trinajstić information content (AvgIpc) is 3.19. The molecule has 0 radical (unpaired) electrons. The van der Waals surface area contributed by atoms with E-state index < -0.39 is 0 Å². The number of nitrogens with zero attached hydrogens (tertiary/aromatic N) is 1. The van der Waals surface area contributed by atoms with Gasteiger partial charge < -0.3 is 29.8 Å². The number of amides is 1. The Morgan fingerprint density at radius 3 is 2.69 bits per heavy atom. The maximum atomic E-state index is 11.1. The van der Waals surface area contributed by atoms with Gasteiger partial charge in [0.25, 0.3) is 0 Å². The molecule has 8 nitrogen and oxygen atoms in total. The van der Waals surface area contributed by atoms with Gasteiger partial charge in [-0.2, -0.15) is 0 Å². The highest BCUT2D eigenvalue weighted by atomic mass is 127. The summed E-state index contributed by atoms with van der Waals surface area (Å²) in [6.07, 6.45) is 2.49. The molecule has 0 aliphatic rings. The fourth-order valence-electron chi connectivity index (χ4n) is 2.37. The van der Waals surface area contributed by atoms with Crippen LogP contribution in [0.15, 0.2) is 52.1 Å². The summed E-state index contributed by atoms with van der Waals surface area (Å²) in [5.41, 5.74) is 0.713. The Labute approximate surface area is 188 Å². The van der Waals surface area contributed by atoms with Crippen molar-refractivity contribution in [2.75, 3.05) is 38.7 Å². The number of carbonyl (C=O) groups is 1. The molecule has 0 aliphatic heterocycles. The zero-order valence-electron chi connectivity index (χ0n) is 16.8. The topological polar surface area (TPSA) is 97.1 Å². The monoisotopic (exact) mass is 516 g/mol. The molecule has 0 saturated heterocycles. The van der Waals surface area contributed by atoms with Crippen LogP contribution in [0.4, 0.5) is 5.69 Å². The maximum absolute atomic E-state index is 11.1. The third-order valence-electron chi connectivity index (χ3n) is 3.62. The van der Waals surface area contributed by atoms with Gasteiger partial charge in [0, 0.05) is 38.9 Å².